The molecule has 3 N–H and O–H groups in total. The number of amides is 2. The van der Waals surface area contributed by atoms with Crippen LogP contribution in [-0.4, -0.2) is 23.1 Å². The molecule has 0 radical (unpaired) electrons. The van der Waals surface area contributed by atoms with Gasteiger partial charge < -0.3 is 15.7 Å². The Balaban J connectivity index is 2.52. The van der Waals surface area contributed by atoms with Crippen molar-refractivity contribution >= 4 is 12.0 Å². The van der Waals surface area contributed by atoms with Gasteiger partial charge in [-0.1, -0.05) is 19.1 Å². The van der Waals surface area contributed by atoms with E-state index < -0.39 is 18.0 Å². The Morgan fingerprint density at radius 3 is 2.35 bits per heavy atom. The lowest BCUT2D eigenvalue weighted by molar-refractivity contribution is -0.137. The molecule has 2 atom stereocenters. The average molecular weight is 282 g/mol. The van der Waals surface area contributed by atoms with Crippen molar-refractivity contribution in [3.63, 3.8) is 0 Å². The Kier molecular flexibility index (Phi) is 5.96. The first kappa shape index (κ1) is 15.9. The summed E-state index contributed by atoms with van der Waals surface area (Å²) >= 11 is 0. The number of benzene rings is 1. The summed E-state index contributed by atoms with van der Waals surface area (Å²) in [6.45, 7) is 3.57. The molecule has 0 aliphatic carbocycles. The molecule has 110 valence electrons. The number of urea groups is 1. The Morgan fingerprint density at radius 1 is 1.25 bits per heavy atom. The van der Waals surface area contributed by atoms with E-state index in [0.29, 0.717) is 6.42 Å². The van der Waals surface area contributed by atoms with Gasteiger partial charge >= 0.3 is 12.0 Å². The van der Waals surface area contributed by atoms with Crippen molar-refractivity contribution < 1.29 is 19.1 Å². The van der Waals surface area contributed by atoms with E-state index in [-0.39, 0.29) is 18.3 Å². The number of carboxylic acids is 1. The summed E-state index contributed by atoms with van der Waals surface area (Å²) in [5.74, 6) is -1.29. The second kappa shape index (κ2) is 7.47. The molecule has 5 nitrogen and oxygen atoms in total. The van der Waals surface area contributed by atoms with Crippen LogP contribution in [0.1, 0.15) is 38.3 Å². The van der Waals surface area contributed by atoms with E-state index in [2.05, 4.69) is 10.6 Å². The van der Waals surface area contributed by atoms with E-state index in [4.69, 9.17) is 5.11 Å². The first-order chi connectivity index (χ1) is 9.42. The second-order valence-electron chi connectivity index (χ2n) is 4.59. The number of carbonyl (C=O) groups is 2. The predicted octanol–water partition coefficient (Wildman–Crippen LogP) is 2.44. The van der Waals surface area contributed by atoms with Crippen LogP contribution in [0.25, 0.3) is 0 Å². The van der Waals surface area contributed by atoms with Crippen LogP contribution in [0.2, 0.25) is 0 Å². The highest BCUT2D eigenvalue weighted by Crippen LogP contribution is 2.12. The van der Waals surface area contributed by atoms with Crippen LogP contribution in [0.15, 0.2) is 24.3 Å². The number of rotatable bonds is 6. The number of carboxylic acid groups (broad SMARTS) is 1. The fourth-order valence-corrected chi connectivity index (χ4v) is 1.77. The fourth-order valence-electron chi connectivity index (χ4n) is 1.77. The molecule has 1 aromatic rings. The Morgan fingerprint density at radius 2 is 1.85 bits per heavy atom. The minimum Gasteiger partial charge on any atom is -0.481 e. The van der Waals surface area contributed by atoms with E-state index in [0.717, 1.165) is 5.56 Å². The third-order valence-corrected chi connectivity index (χ3v) is 2.97. The lowest BCUT2D eigenvalue weighted by Crippen LogP contribution is -2.43. The van der Waals surface area contributed by atoms with Gasteiger partial charge in [-0.2, -0.15) is 0 Å². The van der Waals surface area contributed by atoms with Gasteiger partial charge in [-0.25, -0.2) is 9.18 Å². The molecular weight excluding hydrogens is 263 g/mol. The largest absolute Gasteiger partial charge is 0.481 e. The molecule has 1 rings (SSSR count). The molecule has 0 aliphatic heterocycles. The number of hydrogen-bond acceptors (Lipinski definition) is 2. The smallest absolute Gasteiger partial charge is 0.315 e. The lowest BCUT2D eigenvalue weighted by atomic mass is 10.1. The van der Waals surface area contributed by atoms with Gasteiger partial charge in [0.05, 0.1) is 12.5 Å². The van der Waals surface area contributed by atoms with Crippen LogP contribution >= 0.6 is 0 Å². The third-order valence-electron chi connectivity index (χ3n) is 2.97. The number of hydrogen-bond donors (Lipinski definition) is 3. The summed E-state index contributed by atoms with van der Waals surface area (Å²) in [7, 11) is 0. The maximum Gasteiger partial charge on any atom is 0.315 e. The molecule has 0 saturated carbocycles. The highest BCUT2D eigenvalue weighted by molar-refractivity contribution is 5.76. The van der Waals surface area contributed by atoms with Gasteiger partial charge in [-0.05, 0) is 31.0 Å². The molecular formula is C14H19FN2O3. The van der Waals surface area contributed by atoms with Crippen LogP contribution in [0.5, 0.6) is 0 Å². The molecule has 0 saturated heterocycles. The first-order valence-corrected chi connectivity index (χ1v) is 6.46. The SMILES string of the molecule is CCC(CC(=O)O)NC(=O)NC(C)c1ccc(F)cc1. The number of carbonyl (C=O) groups excluding carboxylic acids is 1. The Bertz CT molecular complexity index is 462. The second-order valence-corrected chi connectivity index (χ2v) is 4.59. The molecule has 0 spiro atoms. The molecule has 2 unspecified atom stereocenters. The maximum atomic E-state index is 12.8. The van der Waals surface area contributed by atoms with E-state index in [1.165, 1.54) is 12.1 Å². The summed E-state index contributed by atoms with van der Waals surface area (Å²) < 4.78 is 12.8. The van der Waals surface area contributed by atoms with Crippen molar-refractivity contribution in [2.24, 2.45) is 0 Å². The summed E-state index contributed by atoms with van der Waals surface area (Å²) in [4.78, 5) is 22.4. The molecule has 0 heterocycles. The minimum absolute atomic E-state index is 0.116. The van der Waals surface area contributed by atoms with Gasteiger partial charge in [0, 0.05) is 6.04 Å². The summed E-state index contributed by atoms with van der Waals surface area (Å²) in [5.41, 5.74) is 0.771. The Hall–Kier alpha value is -2.11. The van der Waals surface area contributed by atoms with Crippen molar-refractivity contribution in [3.05, 3.63) is 35.6 Å². The molecule has 0 aromatic heterocycles. The number of nitrogens with one attached hydrogen (secondary N) is 2. The molecule has 0 fully saturated rings. The van der Waals surface area contributed by atoms with Crippen LogP contribution in [-0.2, 0) is 4.79 Å². The third kappa shape index (κ3) is 5.26. The van der Waals surface area contributed by atoms with E-state index >= 15 is 0 Å². The highest BCUT2D eigenvalue weighted by Gasteiger charge is 2.15. The predicted molar refractivity (Wildman–Crippen MR) is 72.8 cm³/mol. The van der Waals surface area contributed by atoms with Gasteiger partial charge in [-0.15, -0.1) is 0 Å². The average Bonchev–Trinajstić information content (AvgIpc) is 2.37. The molecule has 20 heavy (non-hydrogen) atoms. The molecule has 1 aromatic carbocycles. The molecule has 0 aliphatic rings. The van der Waals surface area contributed by atoms with Crippen LogP contribution in [0, 0.1) is 5.82 Å². The van der Waals surface area contributed by atoms with E-state index in [9.17, 15) is 14.0 Å². The van der Waals surface area contributed by atoms with Crippen molar-refractivity contribution in [1.82, 2.24) is 10.6 Å². The molecule has 6 heteroatoms. The van der Waals surface area contributed by atoms with Crippen molar-refractivity contribution in [2.75, 3.05) is 0 Å². The van der Waals surface area contributed by atoms with Gasteiger partial charge in [-0.3, -0.25) is 4.79 Å². The summed E-state index contributed by atoms with van der Waals surface area (Å²) in [6, 6.07) is 4.69. The standard InChI is InChI=1S/C14H19FN2O3/c1-3-12(8-13(18)19)17-14(20)16-9(2)10-4-6-11(15)7-5-10/h4-7,9,12H,3,8H2,1-2H3,(H,18,19)(H2,16,17,20). The van der Waals surface area contributed by atoms with Crippen molar-refractivity contribution in [2.45, 2.75) is 38.8 Å². The molecule has 0 bridgehead atoms. The maximum absolute atomic E-state index is 12.8. The number of halogens is 1. The topological polar surface area (TPSA) is 78.4 Å². The van der Waals surface area contributed by atoms with Gasteiger partial charge in [0.1, 0.15) is 5.82 Å². The Labute approximate surface area is 117 Å². The van der Waals surface area contributed by atoms with Gasteiger partial charge in [0.25, 0.3) is 0 Å². The normalized spacial score (nSPS) is 13.3. The van der Waals surface area contributed by atoms with E-state index in [1.54, 1.807) is 26.0 Å². The number of aliphatic carboxylic acids is 1. The first-order valence-electron chi connectivity index (χ1n) is 6.46. The zero-order valence-electron chi connectivity index (χ0n) is 11.5. The zero-order valence-corrected chi connectivity index (χ0v) is 11.5. The zero-order chi connectivity index (χ0) is 15.1. The molecule has 2 amide bonds. The quantitative estimate of drug-likeness (QED) is 0.750. The van der Waals surface area contributed by atoms with Gasteiger partial charge in [0.15, 0.2) is 0 Å². The van der Waals surface area contributed by atoms with E-state index in [1.807, 2.05) is 0 Å². The van der Waals surface area contributed by atoms with Crippen LogP contribution in [0.3, 0.4) is 0 Å². The fraction of sp³-hybridized carbons (Fsp3) is 0.429. The van der Waals surface area contributed by atoms with Crippen LogP contribution in [0.4, 0.5) is 9.18 Å². The van der Waals surface area contributed by atoms with Gasteiger partial charge in [0.2, 0.25) is 0 Å². The van der Waals surface area contributed by atoms with Crippen molar-refractivity contribution in [1.29, 1.82) is 0 Å². The minimum atomic E-state index is -0.955. The van der Waals surface area contributed by atoms with Crippen molar-refractivity contribution in [3.8, 4) is 0 Å². The summed E-state index contributed by atoms with van der Waals surface area (Å²) in [6.07, 6.45) is 0.416. The lowest BCUT2D eigenvalue weighted by Gasteiger charge is -2.19. The highest BCUT2D eigenvalue weighted by atomic mass is 19.1. The summed E-state index contributed by atoms with van der Waals surface area (Å²) in [5, 5.41) is 14.0. The van der Waals surface area contributed by atoms with Crippen LogP contribution < -0.4 is 10.6 Å². The monoisotopic (exact) mass is 282 g/mol.